The summed E-state index contributed by atoms with van der Waals surface area (Å²) in [5.74, 6) is -0.429. The minimum Gasteiger partial charge on any atom is -0.446 e. The summed E-state index contributed by atoms with van der Waals surface area (Å²) in [6.07, 6.45) is 0.960. The molecule has 0 atom stereocenters. The molecule has 8 heteroatoms. The van der Waals surface area contributed by atoms with Gasteiger partial charge in [-0.2, -0.15) is 0 Å². The van der Waals surface area contributed by atoms with E-state index in [2.05, 4.69) is 30.9 Å². The number of carbonyl (C=O) groups excluding carboxylic acids is 3. The number of imide groups is 1. The molecule has 2 heterocycles. The number of likely N-dealkylation sites (tertiary alicyclic amines) is 1. The third-order valence-electron chi connectivity index (χ3n) is 7.96. The Kier molecular flexibility index (Phi) is 8.85. The molecule has 2 aliphatic rings. The Labute approximate surface area is 247 Å². The maximum atomic E-state index is 12.7. The molecule has 0 spiro atoms. The first-order valence-corrected chi connectivity index (χ1v) is 14.5. The molecule has 1 fully saturated rings. The lowest BCUT2D eigenvalue weighted by atomic mass is 10.0. The summed E-state index contributed by atoms with van der Waals surface area (Å²) < 4.78 is 6.40. The van der Waals surface area contributed by atoms with Gasteiger partial charge in [-0.3, -0.25) is 24.7 Å². The zero-order chi connectivity index (χ0) is 29.7. The molecule has 0 bridgehead atoms. The Hall–Kier alpha value is -4.27. The fraction of sp³-hybridized carbons (Fsp3) is 0.324. The summed E-state index contributed by atoms with van der Waals surface area (Å²) in [7, 11) is 4.19. The van der Waals surface area contributed by atoms with Crippen LogP contribution in [-0.2, 0) is 4.74 Å². The second-order valence-corrected chi connectivity index (χ2v) is 11.8. The summed E-state index contributed by atoms with van der Waals surface area (Å²) in [5, 5.41) is 2.93. The summed E-state index contributed by atoms with van der Waals surface area (Å²) in [4.78, 5) is 41.8. The smallest absolute Gasteiger partial charge is 0.411 e. The number of para-hydroxylation sites is 1. The third-order valence-corrected chi connectivity index (χ3v) is 7.96. The van der Waals surface area contributed by atoms with Crippen LogP contribution in [-0.4, -0.2) is 91.7 Å². The van der Waals surface area contributed by atoms with Crippen molar-refractivity contribution < 1.29 is 23.6 Å². The summed E-state index contributed by atoms with van der Waals surface area (Å²) in [6.45, 7) is 8.47. The van der Waals surface area contributed by atoms with Crippen molar-refractivity contribution in [2.75, 3.05) is 58.7 Å². The van der Waals surface area contributed by atoms with Gasteiger partial charge in [0.25, 0.3) is 11.8 Å². The highest BCUT2D eigenvalue weighted by atomic mass is 16.6. The Balaban J connectivity index is 1.04. The van der Waals surface area contributed by atoms with Gasteiger partial charge in [-0.1, -0.05) is 67.2 Å². The normalized spacial score (nSPS) is 15.9. The van der Waals surface area contributed by atoms with Crippen molar-refractivity contribution in [2.24, 2.45) is 0 Å². The summed E-state index contributed by atoms with van der Waals surface area (Å²) in [5.41, 5.74) is 4.78. The van der Waals surface area contributed by atoms with Crippen molar-refractivity contribution >= 4 is 23.6 Å². The van der Waals surface area contributed by atoms with E-state index in [1.54, 1.807) is 24.3 Å². The van der Waals surface area contributed by atoms with Crippen LogP contribution in [0.4, 0.5) is 10.5 Å². The van der Waals surface area contributed by atoms with Crippen molar-refractivity contribution in [2.45, 2.75) is 18.9 Å². The molecule has 218 valence electrons. The van der Waals surface area contributed by atoms with E-state index >= 15 is 0 Å². The molecule has 0 unspecified atom stereocenters. The molecule has 3 aromatic carbocycles. The second-order valence-electron chi connectivity index (χ2n) is 11.8. The van der Waals surface area contributed by atoms with Crippen LogP contribution < -0.4 is 5.32 Å². The molecule has 0 saturated carbocycles. The quantitative estimate of drug-likeness (QED) is 0.205. The summed E-state index contributed by atoms with van der Waals surface area (Å²) in [6, 6.07) is 24.7. The van der Waals surface area contributed by atoms with Gasteiger partial charge in [0.2, 0.25) is 0 Å². The first-order valence-electron chi connectivity index (χ1n) is 14.5. The van der Waals surface area contributed by atoms with Gasteiger partial charge < -0.3 is 9.22 Å². The zero-order valence-electron chi connectivity index (χ0n) is 24.4. The van der Waals surface area contributed by atoms with Crippen molar-refractivity contribution in [1.82, 2.24) is 9.80 Å². The van der Waals surface area contributed by atoms with Crippen LogP contribution in [0.2, 0.25) is 0 Å². The van der Waals surface area contributed by atoms with E-state index in [4.69, 9.17) is 4.74 Å². The van der Waals surface area contributed by atoms with Crippen LogP contribution in [0.25, 0.3) is 11.1 Å². The number of amides is 3. The number of hydrogen-bond donors (Lipinski definition) is 1. The fourth-order valence-electron chi connectivity index (χ4n) is 5.80. The highest BCUT2D eigenvalue weighted by Gasteiger charge is 2.36. The average Bonchev–Trinajstić information content (AvgIpc) is 3.22. The lowest BCUT2D eigenvalue weighted by molar-refractivity contribution is -0.884. The number of nitrogens with zero attached hydrogens (tertiary/aromatic N) is 3. The number of carbonyl (C=O) groups is 3. The molecule has 5 rings (SSSR count). The van der Waals surface area contributed by atoms with Crippen LogP contribution in [0.5, 0.6) is 0 Å². The van der Waals surface area contributed by atoms with Gasteiger partial charge in [0.1, 0.15) is 12.6 Å². The van der Waals surface area contributed by atoms with Gasteiger partial charge in [0.05, 0.1) is 44.0 Å². The minimum absolute atomic E-state index is 0.134. The maximum absolute atomic E-state index is 12.7. The molecule has 0 radical (unpaired) electrons. The first kappa shape index (κ1) is 29.2. The van der Waals surface area contributed by atoms with Gasteiger partial charge >= 0.3 is 6.09 Å². The predicted octanol–water partition coefficient (Wildman–Crippen LogP) is 5.30. The van der Waals surface area contributed by atoms with Crippen LogP contribution in [0.15, 0.2) is 91.0 Å². The average molecular weight is 568 g/mol. The molecule has 8 nitrogen and oxygen atoms in total. The van der Waals surface area contributed by atoms with Gasteiger partial charge in [0, 0.05) is 25.2 Å². The van der Waals surface area contributed by atoms with Crippen LogP contribution in [0.1, 0.15) is 33.6 Å². The number of fused-ring (bicyclic) bond motifs is 1. The number of rotatable bonds is 10. The number of quaternary nitrogens is 1. The molecule has 1 saturated heterocycles. The number of hydrogen-bond acceptors (Lipinski definition) is 5. The van der Waals surface area contributed by atoms with E-state index in [1.807, 2.05) is 54.6 Å². The molecule has 0 aromatic heterocycles. The minimum atomic E-state index is -0.432. The number of anilines is 1. The highest BCUT2D eigenvalue weighted by molar-refractivity contribution is 6.21. The Bertz CT molecular complexity index is 1430. The molecule has 1 N–H and O–H groups in total. The second kappa shape index (κ2) is 12.7. The maximum Gasteiger partial charge on any atom is 0.411 e. The number of piperidine rings is 1. The van der Waals surface area contributed by atoms with E-state index in [0.717, 1.165) is 61.4 Å². The topological polar surface area (TPSA) is 79.0 Å². The Morgan fingerprint density at radius 2 is 1.45 bits per heavy atom. The molecule has 3 amide bonds. The van der Waals surface area contributed by atoms with Crippen molar-refractivity contribution in [3.05, 3.63) is 102 Å². The van der Waals surface area contributed by atoms with Gasteiger partial charge in [-0.15, -0.1) is 0 Å². The van der Waals surface area contributed by atoms with Crippen molar-refractivity contribution in [3.63, 3.8) is 0 Å². The number of nitrogens with one attached hydrogen (secondary N) is 1. The zero-order valence-corrected chi connectivity index (χ0v) is 24.4. The van der Waals surface area contributed by atoms with Crippen LogP contribution >= 0.6 is 0 Å². The first-order chi connectivity index (χ1) is 20.2. The fourth-order valence-corrected chi connectivity index (χ4v) is 5.80. The predicted molar refractivity (Wildman–Crippen MR) is 164 cm³/mol. The van der Waals surface area contributed by atoms with Crippen molar-refractivity contribution in [3.8, 4) is 11.1 Å². The lowest BCUT2D eigenvalue weighted by Gasteiger charge is -2.35. The summed E-state index contributed by atoms with van der Waals surface area (Å²) >= 11 is 0. The van der Waals surface area contributed by atoms with E-state index in [9.17, 15) is 14.4 Å². The van der Waals surface area contributed by atoms with Gasteiger partial charge in [0.15, 0.2) is 0 Å². The lowest BCUT2D eigenvalue weighted by Crippen LogP contribution is -2.48. The van der Waals surface area contributed by atoms with Gasteiger partial charge in [-0.05, 0) is 42.2 Å². The molecule has 42 heavy (non-hydrogen) atoms. The Morgan fingerprint density at radius 3 is 2.10 bits per heavy atom. The number of ether oxygens (including phenoxy) is 1. The SMILES string of the molecule is C=C(CN1CCC(OC(=O)Nc2ccccc2-c2ccccc2)CC1)C[N+](C)(C)CCN1C(=O)c2ccccc2C1=O. The highest BCUT2D eigenvalue weighted by Crippen LogP contribution is 2.28. The third kappa shape index (κ3) is 6.95. The van der Waals surface area contributed by atoms with Gasteiger partial charge in [-0.25, -0.2) is 4.79 Å². The Morgan fingerprint density at radius 1 is 0.881 bits per heavy atom. The number of benzene rings is 3. The molecular formula is C34H39N4O4+. The number of likely N-dealkylation sites (N-methyl/N-ethyl adjacent to an activating group) is 1. The largest absolute Gasteiger partial charge is 0.446 e. The van der Waals surface area contributed by atoms with E-state index < -0.39 is 6.09 Å². The van der Waals surface area contributed by atoms with Crippen molar-refractivity contribution in [1.29, 1.82) is 0 Å². The monoisotopic (exact) mass is 567 g/mol. The molecule has 0 aliphatic carbocycles. The van der Waals surface area contributed by atoms with Crippen LogP contribution in [0.3, 0.4) is 0 Å². The standard InChI is InChI=1S/C34H38N4O4/c1-25(24-38(2,3)22-21-37-32(39)29-14-7-8-15-30(29)33(37)40)23-36-19-17-27(18-20-36)42-34(41)35-31-16-10-9-13-28(31)26-11-5-4-6-12-26/h4-16,27H,1,17-24H2,2-3H3/p+1. The van der Waals surface area contributed by atoms with E-state index in [1.165, 1.54) is 4.90 Å². The molecule has 3 aromatic rings. The van der Waals surface area contributed by atoms with E-state index in [0.29, 0.717) is 28.7 Å². The van der Waals surface area contributed by atoms with E-state index in [-0.39, 0.29) is 17.9 Å². The van der Waals surface area contributed by atoms with Crippen LogP contribution in [0, 0.1) is 0 Å². The molecule has 2 aliphatic heterocycles. The molecular weight excluding hydrogens is 528 g/mol.